The van der Waals surface area contributed by atoms with Gasteiger partial charge in [0.15, 0.2) is 0 Å². The number of hydrogen-bond donors (Lipinski definition) is 0. The Bertz CT molecular complexity index is 442. The average Bonchev–Trinajstić information content (AvgIpc) is 3.08. The van der Waals surface area contributed by atoms with Crippen LogP contribution in [0.4, 0.5) is 0 Å². The van der Waals surface area contributed by atoms with Crippen molar-refractivity contribution >= 4 is 10.0 Å². The van der Waals surface area contributed by atoms with Crippen molar-refractivity contribution in [3.8, 4) is 0 Å². The van der Waals surface area contributed by atoms with E-state index in [-0.39, 0.29) is 11.9 Å². The van der Waals surface area contributed by atoms with E-state index in [4.69, 9.17) is 4.74 Å². The van der Waals surface area contributed by atoms with Crippen molar-refractivity contribution in [1.82, 2.24) is 9.21 Å². The molecule has 0 aromatic carbocycles. The van der Waals surface area contributed by atoms with Crippen LogP contribution < -0.4 is 0 Å². The minimum atomic E-state index is -3.12. The van der Waals surface area contributed by atoms with Gasteiger partial charge in [-0.25, -0.2) is 12.7 Å². The first-order chi connectivity index (χ1) is 10.6. The van der Waals surface area contributed by atoms with Crippen LogP contribution in [0.3, 0.4) is 0 Å². The highest BCUT2D eigenvalue weighted by molar-refractivity contribution is 7.89. The SMILES string of the molecule is O=S(=O)(CC[C@@H]1CCCO1)N1CCC[C@@H](N2CCCCC2)C1. The quantitative estimate of drug-likeness (QED) is 0.772. The first-order valence-electron chi connectivity index (χ1n) is 8.99. The predicted octanol–water partition coefficient (Wildman–Crippen LogP) is 1.84. The fraction of sp³-hybridized carbons (Fsp3) is 1.00. The van der Waals surface area contributed by atoms with Crippen molar-refractivity contribution in [2.45, 2.75) is 63.5 Å². The van der Waals surface area contributed by atoms with E-state index in [0.717, 1.165) is 45.4 Å². The maximum absolute atomic E-state index is 12.6. The zero-order valence-corrected chi connectivity index (χ0v) is 14.4. The molecule has 0 spiro atoms. The van der Waals surface area contributed by atoms with Crippen LogP contribution in [0.2, 0.25) is 0 Å². The van der Waals surface area contributed by atoms with Gasteiger partial charge in [0, 0.05) is 25.7 Å². The summed E-state index contributed by atoms with van der Waals surface area (Å²) >= 11 is 0. The average molecular weight is 330 g/mol. The fourth-order valence-corrected chi connectivity index (χ4v) is 5.66. The molecule has 0 radical (unpaired) electrons. The molecule has 0 amide bonds. The number of sulfonamides is 1. The van der Waals surface area contributed by atoms with Gasteiger partial charge in [-0.05, 0) is 58.0 Å². The van der Waals surface area contributed by atoms with Gasteiger partial charge < -0.3 is 4.74 Å². The summed E-state index contributed by atoms with van der Waals surface area (Å²) in [6.45, 7) is 4.50. The first kappa shape index (κ1) is 16.7. The predicted molar refractivity (Wildman–Crippen MR) is 87.4 cm³/mol. The van der Waals surface area contributed by atoms with E-state index >= 15 is 0 Å². The van der Waals surface area contributed by atoms with Gasteiger partial charge in [-0.2, -0.15) is 0 Å². The number of likely N-dealkylation sites (tertiary alicyclic amines) is 1. The maximum atomic E-state index is 12.6. The molecule has 3 rings (SSSR count). The summed E-state index contributed by atoms with van der Waals surface area (Å²) in [6.07, 6.45) is 8.93. The Kier molecular flexibility index (Phi) is 5.76. The Morgan fingerprint density at radius 1 is 0.955 bits per heavy atom. The van der Waals surface area contributed by atoms with Crippen LogP contribution in [-0.4, -0.2) is 68.3 Å². The monoisotopic (exact) mass is 330 g/mol. The number of nitrogens with zero attached hydrogens (tertiary/aromatic N) is 2. The summed E-state index contributed by atoms with van der Waals surface area (Å²) in [6, 6.07) is 0.437. The summed E-state index contributed by atoms with van der Waals surface area (Å²) in [5, 5.41) is 0. The Balaban J connectivity index is 1.53. The van der Waals surface area contributed by atoms with Gasteiger partial charge in [0.05, 0.1) is 11.9 Å². The third-order valence-electron chi connectivity index (χ3n) is 5.38. The number of ether oxygens (including phenoxy) is 1. The minimum absolute atomic E-state index is 0.164. The maximum Gasteiger partial charge on any atom is 0.214 e. The van der Waals surface area contributed by atoms with Crippen LogP contribution >= 0.6 is 0 Å². The first-order valence-corrected chi connectivity index (χ1v) is 10.6. The topological polar surface area (TPSA) is 49.9 Å². The molecule has 3 aliphatic heterocycles. The molecule has 22 heavy (non-hydrogen) atoms. The Hall–Kier alpha value is -0.170. The molecule has 0 bridgehead atoms. The van der Waals surface area contributed by atoms with Crippen LogP contribution in [0.5, 0.6) is 0 Å². The van der Waals surface area contributed by atoms with Crippen molar-refractivity contribution in [2.75, 3.05) is 38.5 Å². The standard InChI is InChI=1S/C16H30N2O3S/c19-22(20,13-8-16-7-5-12-21-16)18-11-4-6-15(14-18)17-9-2-1-3-10-17/h15-16H,1-14H2/t15-,16+/m1/s1. The highest BCUT2D eigenvalue weighted by Crippen LogP contribution is 2.23. The molecule has 0 aromatic rings. The lowest BCUT2D eigenvalue weighted by Crippen LogP contribution is -2.51. The second-order valence-corrected chi connectivity index (χ2v) is 9.08. The molecule has 2 atom stereocenters. The zero-order valence-electron chi connectivity index (χ0n) is 13.6. The van der Waals surface area contributed by atoms with E-state index in [0.29, 0.717) is 25.6 Å². The third-order valence-corrected chi connectivity index (χ3v) is 7.25. The van der Waals surface area contributed by atoms with Gasteiger partial charge in [0.2, 0.25) is 10.0 Å². The molecular weight excluding hydrogens is 300 g/mol. The van der Waals surface area contributed by atoms with Gasteiger partial charge in [-0.3, -0.25) is 4.90 Å². The third kappa shape index (κ3) is 4.22. The molecule has 0 unspecified atom stereocenters. The molecule has 0 N–H and O–H groups in total. The fourth-order valence-electron chi connectivity index (χ4n) is 4.04. The van der Waals surface area contributed by atoms with Crippen molar-refractivity contribution in [3.05, 3.63) is 0 Å². The summed E-state index contributed by atoms with van der Waals surface area (Å²) in [5.41, 5.74) is 0. The lowest BCUT2D eigenvalue weighted by molar-refractivity contribution is 0.106. The highest BCUT2D eigenvalue weighted by Gasteiger charge is 2.32. The molecule has 6 heteroatoms. The van der Waals surface area contributed by atoms with Gasteiger partial charge in [0.25, 0.3) is 0 Å². The Morgan fingerprint density at radius 2 is 1.77 bits per heavy atom. The van der Waals surface area contributed by atoms with E-state index < -0.39 is 10.0 Å². The van der Waals surface area contributed by atoms with Gasteiger partial charge in [-0.1, -0.05) is 6.42 Å². The molecule has 3 fully saturated rings. The van der Waals surface area contributed by atoms with Crippen LogP contribution in [0, 0.1) is 0 Å². The van der Waals surface area contributed by atoms with Gasteiger partial charge in [0.1, 0.15) is 0 Å². The number of piperidine rings is 2. The van der Waals surface area contributed by atoms with E-state index in [2.05, 4.69) is 4.90 Å². The smallest absolute Gasteiger partial charge is 0.214 e. The molecule has 3 aliphatic rings. The largest absolute Gasteiger partial charge is 0.378 e. The van der Waals surface area contributed by atoms with Crippen molar-refractivity contribution in [2.24, 2.45) is 0 Å². The molecule has 0 aromatic heterocycles. The normalized spacial score (nSPS) is 32.4. The van der Waals surface area contributed by atoms with Crippen LogP contribution in [0.1, 0.15) is 51.4 Å². The zero-order chi connectivity index (χ0) is 15.4. The lowest BCUT2D eigenvalue weighted by atomic mass is 10.0. The van der Waals surface area contributed by atoms with Crippen LogP contribution in [-0.2, 0) is 14.8 Å². The summed E-state index contributed by atoms with van der Waals surface area (Å²) < 4.78 is 32.6. The van der Waals surface area contributed by atoms with E-state index in [1.807, 2.05) is 0 Å². The molecule has 0 saturated carbocycles. The summed E-state index contributed by atoms with van der Waals surface area (Å²) in [5.74, 6) is 0.254. The second-order valence-electron chi connectivity index (χ2n) is 6.99. The number of rotatable bonds is 5. The molecular formula is C16H30N2O3S. The molecule has 5 nitrogen and oxygen atoms in total. The van der Waals surface area contributed by atoms with Crippen molar-refractivity contribution < 1.29 is 13.2 Å². The molecule has 128 valence electrons. The van der Waals surface area contributed by atoms with E-state index in [1.165, 1.54) is 19.3 Å². The van der Waals surface area contributed by atoms with Crippen LogP contribution in [0.25, 0.3) is 0 Å². The summed E-state index contributed by atoms with van der Waals surface area (Å²) in [4.78, 5) is 2.52. The van der Waals surface area contributed by atoms with E-state index in [9.17, 15) is 8.42 Å². The molecule has 3 heterocycles. The Labute approximate surface area is 135 Å². The second kappa shape index (κ2) is 7.60. The van der Waals surface area contributed by atoms with Crippen molar-refractivity contribution in [1.29, 1.82) is 0 Å². The Morgan fingerprint density at radius 3 is 2.50 bits per heavy atom. The van der Waals surface area contributed by atoms with Gasteiger partial charge >= 0.3 is 0 Å². The highest BCUT2D eigenvalue weighted by atomic mass is 32.2. The van der Waals surface area contributed by atoms with E-state index in [1.54, 1.807) is 4.31 Å². The summed E-state index contributed by atoms with van der Waals surface area (Å²) in [7, 11) is -3.12. The van der Waals surface area contributed by atoms with Crippen molar-refractivity contribution in [3.63, 3.8) is 0 Å². The molecule has 0 aliphatic carbocycles. The minimum Gasteiger partial charge on any atom is -0.378 e. The molecule has 3 saturated heterocycles. The lowest BCUT2D eigenvalue weighted by Gasteiger charge is -2.40. The van der Waals surface area contributed by atoms with Crippen LogP contribution in [0.15, 0.2) is 0 Å². The van der Waals surface area contributed by atoms with Gasteiger partial charge in [-0.15, -0.1) is 0 Å². The number of hydrogen-bond acceptors (Lipinski definition) is 4.